The van der Waals surface area contributed by atoms with Crippen molar-refractivity contribution in [2.75, 3.05) is 6.61 Å². The maximum Gasteiger partial charge on any atom is 0.220 e. The monoisotopic (exact) mass is 746 g/mol. The van der Waals surface area contributed by atoms with Crippen molar-refractivity contribution in [1.29, 1.82) is 0 Å². The first-order valence-corrected chi connectivity index (χ1v) is 22.1. The third kappa shape index (κ3) is 40.2. The topological polar surface area (TPSA) is 69.6 Å². The van der Waals surface area contributed by atoms with Gasteiger partial charge in [0.05, 0.1) is 18.8 Å². The Morgan fingerprint density at radius 1 is 0.463 bits per heavy atom. The number of hydrogen-bond donors (Lipinski definition) is 3. The molecule has 0 aliphatic rings. The van der Waals surface area contributed by atoms with Gasteiger partial charge < -0.3 is 15.5 Å². The molecule has 3 N–H and O–H groups in total. The minimum atomic E-state index is -0.884. The molecule has 0 aliphatic carbocycles. The lowest BCUT2D eigenvalue weighted by Gasteiger charge is -2.19. The van der Waals surface area contributed by atoms with E-state index in [0.29, 0.717) is 6.42 Å². The smallest absolute Gasteiger partial charge is 0.220 e. The van der Waals surface area contributed by atoms with Crippen LogP contribution in [-0.2, 0) is 4.79 Å². The molecule has 0 spiro atoms. The molecule has 4 heteroatoms. The molecule has 0 heterocycles. The van der Waals surface area contributed by atoms with Crippen molar-refractivity contribution < 1.29 is 15.0 Å². The minimum absolute atomic E-state index is 0.0986. The molecule has 0 aromatic heterocycles. The molecule has 0 aromatic carbocycles. The van der Waals surface area contributed by atoms with E-state index in [0.717, 1.165) is 89.9 Å². The molecule has 0 saturated carbocycles. The molecule has 2 unspecified atom stereocenters. The summed E-state index contributed by atoms with van der Waals surface area (Å²) in [6.45, 7) is 4.15. The van der Waals surface area contributed by atoms with Gasteiger partial charge in [0.25, 0.3) is 0 Å². The summed E-state index contributed by atoms with van der Waals surface area (Å²) in [5, 5.41) is 23.0. The van der Waals surface area contributed by atoms with E-state index in [9.17, 15) is 15.0 Å². The predicted octanol–water partition coefficient (Wildman–Crippen LogP) is 14.0. The van der Waals surface area contributed by atoms with Gasteiger partial charge in [-0.15, -0.1) is 0 Å². The number of aliphatic hydroxyl groups is 2. The average molecular weight is 746 g/mol. The Morgan fingerprint density at radius 2 is 0.833 bits per heavy atom. The second-order valence-corrected chi connectivity index (χ2v) is 14.4. The first-order valence-electron chi connectivity index (χ1n) is 22.1. The molecule has 0 saturated heterocycles. The summed E-state index contributed by atoms with van der Waals surface area (Å²) < 4.78 is 0. The second-order valence-electron chi connectivity index (χ2n) is 14.4. The van der Waals surface area contributed by atoms with Gasteiger partial charge in [0.15, 0.2) is 0 Å². The maximum atomic E-state index is 12.4. The normalized spacial score (nSPS) is 14.1. The number of carbonyl (C=O) groups excluding carboxylic acids is 1. The average Bonchev–Trinajstić information content (AvgIpc) is 3.18. The Bertz CT molecular complexity index is 1070. The van der Waals surface area contributed by atoms with E-state index in [1.807, 2.05) is 6.08 Å². The second kappa shape index (κ2) is 44.4. The van der Waals surface area contributed by atoms with Gasteiger partial charge in [-0.2, -0.15) is 0 Å². The molecule has 0 radical (unpaired) electrons. The molecule has 1 amide bonds. The van der Waals surface area contributed by atoms with Crippen molar-refractivity contribution in [1.82, 2.24) is 5.32 Å². The lowest BCUT2D eigenvalue weighted by atomic mass is 10.1. The molecular weight excluding hydrogens is 663 g/mol. The van der Waals surface area contributed by atoms with E-state index >= 15 is 0 Å². The summed E-state index contributed by atoms with van der Waals surface area (Å²) >= 11 is 0. The Balaban J connectivity index is 3.74. The maximum absolute atomic E-state index is 12.4. The Morgan fingerprint density at radius 3 is 1.30 bits per heavy atom. The number of amides is 1. The summed E-state index contributed by atoms with van der Waals surface area (Å²) in [5.41, 5.74) is 0. The fourth-order valence-electron chi connectivity index (χ4n) is 5.86. The van der Waals surface area contributed by atoms with Crippen LogP contribution in [0, 0.1) is 0 Å². The molecule has 0 aliphatic heterocycles. The zero-order chi connectivity index (χ0) is 39.3. The van der Waals surface area contributed by atoms with Gasteiger partial charge in [0.2, 0.25) is 5.91 Å². The largest absolute Gasteiger partial charge is 0.394 e. The van der Waals surface area contributed by atoms with Crippen LogP contribution in [0.1, 0.15) is 181 Å². The molecule has 306 valence electrons. The van der Waals surface area contributed by atoms with Crippen molar-refractivity contribution in [3.63, 3.8) is 0 Å². The van der Waals surface area contributed by atoms with Crippen LogP contribution in [-0.4, -0.2) is 34.9 Å². The number of allylic oxidation sites excluding steroid dienone is 17. The first-order chi connectivity index (χ1) is 26.7. The zero-order valence-electron chi connectivity index (χ0n) is 34.9. The van der Waals surface area contributed by atoms with Gasteiger partial charge in [-0.3, -0.25) is 4.79 Å². The van der Waals surface area contributed by atoms with Gasteiger partial charge in [0, 0.05) is 6.42 Å². The van der Waals surface area contributed by atoms with E-state index in [1.165, 1.54) is 70.6 Å². The fraction of sp³-hybridized carbons (Fsp3) is 0.620. The fourth-order valence-corrected chi connectivity index (χ4v) is 5.86. The van der Waals surface area contributed by atoms with Gasteiger partial charge in [-0.05, 0) is 96.3 Å². The third-order valence-electron chi connectivity index (χ3n) is 9.22. The first kappa shape index (κ1) is 51.0. The van der Waals surface area contributed by atoms with E-state index in [2.05, 4.69) is 116 Å². The van der Waals surface area contributed by atoms with Crippen molar-refractivity contribution in [3.05, 3.63) is 109 Å². The SMILES string of the molecule is CC/C=C\C/C=C\C/C=C\C/C=C\C/C=C\C/C=C\CCCCCCCCC(=O)NC(CO)C(O)/C=C/CC/C=C/CC/C=C/CCCCCCCCC. The van der Waals surface area contributed by atoms with Crippen LogP contribution in [0.4, 0.5) is 0 Å². The number of unbranched alkanes of at least 4 members (excludes halogenated alkanes) is 15. The molecule has 54 heavy (non-hydrogen) atoms. The van der Waals surface area contributed by atoms with Gasteiger partial charge >= 0.3 is 0 Å². The zero-order valence-corrected chi connectivity index (χ0v) is 34.9. The van der Waals surface area contributed by atoms with Gasteiger partial charge in [-0.25, -0.2) is 0 Å². The highest BCUT2D eigenvalue weighted by atomic mass is 16.3. The van der Waals surface area contributed by atoms with E-state index < -0.39 is 12.1 Å². The number of hydrogen-bond acceptors (Lipinski definition) is 3. The lowest BCUT2D eigenvalue weighted by molar-refractivity contribution is -0.123. The highest BCUT2D eigenvalue weighted by Gasteiger charge is 2.17. The van der Waals surface area contributed by atoms with Gasteiger partial charge in [-0.1, -0.05) is 187 Å². The summed E-state index contributed by atoms with van der Waals surface area (Å²) in [7, 11) is 0. The lowest BCUT2D eigenvalue weighted by Crippen LogP contribution is -2.45. The quantitative estimate of drug-likeness (QED) is 0.0435. The minimum Gasteiger partial charge on any atom is -0.394 e. The van der Waals surface area contributed by atoms with Crippen LogP contribution in [0.25, 0.3) is 0 Å². The Kier molecular flexibility index (Phi) is 42.0. The summed E-state index contributed by atoms with van der Waals surface area (Å²) in [4.78, 5) is 12.4. The molecule has 4 nitrogen and oxygen atoms in total. The van der Waals surface area contributed by atoms with Crippen LogP contribution in [0.5, 0.6) is 0 Å². The van der Waals surface area contributed by atoms with Crippen LogP contribution in [0.3, 0.4) is 0 Å². The molecular formula is C50H83NO3. The molecule has 2 atom stereocenters. The van der Waals surface area contributed by atoms with Crippen molar-refractivity contribution >= 4 is 5.91 Å². The molecule has 0 rings (SSSR count). The molecule has 0 aromatic rings. The van der Waals surface area contributed by atoms with Crippen LogP contribution >= 0.6 is 0 Å². The third-order valence-corrected chi connectivity index (χ3v) is 9.22. The highest BCUT2D eigenvalue weighted by Crippen LogP contribution is 2.11. The van der Waals surface area contributed by atoms with Crippen molar-refractivity contribution in [3.8, 4) is 0 Å². The van der Waals surface area contributed by atoms with Crippen molar-refractivity contribution in [2.45, 2.75) is 193 Å². The van der Waals surface area contributed by atoms with E-state index in [-0.39, 0.29) is 12.5 Å². The number of carbonyl (C=O) groups is 1. The van der Waals surface area contributed by atoms with Crippen molar-refractivity contribution in [2.24, 2.45) is 0 Å². The number of rotatable bonds is 38. The molecule has 0 bridgehead atoms. The van der Waals surface area contributed by atoms with Crippen LogP contribution in [0.15, 0.2) is 109 Å². The van der Waals surface area contributed by atoms with Crippen LogP contribution < -0.4 is 5.32 Å². The number of nitrogens with one attached hydrogen (secondary N) is 1. The predicted molar refractivity (Wildman–Crippen MR) is 239 cm³/mol. The highest BCUT2D eigenvalue weighted by molar-refractivity contribution is 5.76. The van der Waals surface area contributed by atoms with E-state index in [4.69, 9.17) is 0 Å². The standard InChI is InChI=1S/C50H83NO3/c1-3-5-7-9-11-13-15-17-19-21-22-23-24-25-26-27-28-30-32-34-36-38-40-42-44-46-50(54)51-48(47-52)49(53)45-43-41-39-37-35-33-31-29-20-18-16-14-12-10-8-6-4-2/h5,7,11,13,17,19-20,22-23,25-26,28-30,35,37,43,45,48-49,52-53H,3-4,6,8-10,12,14-16,18,21,24,27,31-34,36,38-42,44,46-47H2,1-2H3,(H,51,54)/b7-5-,13-11-,19-17-,23-22-,26-25-,29-20+,30-28-,37-35+,45-43+. The van der Waals surface area contributed by atoms with Gasteiger partial charge in [0.1, 0.15) is 0 Å². The van der Waals surface area contributed by atoms with Crippen LogP contribution in [0.2, 0.25) is 0 Å². The molecule has 0 fully saturated rings. The van der Waals surface area contributed by atoms with E-state index in [1.54, 1.807) is 6.08 Å². The summed E-state index contributed by atoms with van der Waals surface area (Å²) in [6.07, 6.45) is 67.6. The Labute approximate surface area is 334 Å². The Hall–Kier alpha value is -2.95. The summed E-state index contributed by atoms with van der Waals surface area (Å²) in [6, 6.07) is -0.661. The number of aliphatic hydroxyl groups excluding tert-OH is 2. The summed E-state index contributed by atoms with van der Waals surface area (Å²) in [5.74, 6) is -0.0986.